The SMILES string of the molecule is COC(=O)CC1COCCC1O. The molecule has 4 heteroatoms. The van der Waals surface area contributed by atoms with Crippen molar-refractivity contribution in [3.63, 3.8) is 0 Å². The highest BCUT2D eigenvalue weighted by Gasteiger charge is 2.26. The Kier molecular flexibility index (Phi) is 3.49. The van der Waals surface area contributed by atoms with E-state index >= 15 is 0 Å². The van der Waals surface area contributed by atoms with Gasteiger partial charge < -0.3 is 14.6 Å². The topological polar surface area (TPSA) is 55.8 Å². The number of carbonyl (C=O) groups excluding carboxylic acids is 1. The molecule has 70 valence electrons. The third-order valence-electron chi connectivity index (χ3n) is 2.09. The average Bonchev–Trinajstić information content (AvgIpc) is 2.09. The number of aliphatic hydroxyl groups excluding tert-OH is 1. The molecular formula is C8H14O4. The highest BCUT2D eigenvalue weighted by Crippen LogP contribution is 2.18. The zero-order valence-electron chi connectivity index (χ0n) is 7.16. The van der Waals surface area contributed by atoms with E-state index in [1.807, 2.05) is 0 Å². The van der Waals surface area contributed by atoms with Gasteiger partial charge in [-0.3, -0.25) is 4.79 Å². The lowest BCUT2D eigenvalue weighted by Crippen LogP contribution is -2.33. The summed E-state index contributed by atoms with van der Waals surface area (Å²) >= 11 is 0. The molecule has 2 unspecified atom stereocenters. The molecule has 0 spiro atoms. The minimum Gasteiger partial charge on any atom is -0.469 e. The van der Waals surface area contributed by atoms with Crippen molar-refractivity contribution in [1.29, 1.82) is 0 Å². The Morgan fingerprint density at radius 1 is 1.75 bits per heavy atom. The first-order chi connectivity index (χ1) is 5.74. The molecule has 4 nitrogen and oxygen atoms in total. The molecule has 0 aromatic carbocycles. The quantitative estimate of drug-likeness (QED) is 0.596. The van der Waals surface area contributed by atoms with Gasteiger partial charge in [0.1, 0.15) is 0 Å². The summed E-state index contributed by atoms with van der Waals surface area (Å²) in [7, 11) is 1.35. The van der Waals surface area contributed by atoms with E-state index in [4.69, 9.17) is 4.74 Å². The third kappa shape index (κ3) is 2.46. The van der Waals surface area contributed by atoms with Gasteiger partial charge in [0.05, 0.1) is 26.2 Å². The summed E-state index contributed by atoms with van der Waals surface area (Å²) in [5.74, 6) is -0.379. The van der Waals surface area contributed by atoms with Crippen molar-refractivity contribution in [2.75, 3.05) is 20.3 Å². The van der Waals surface area contributed by atoms with Gasteiger partial charge in [-0.2, -0.15) is 0 Å². The van der Waals surface area contributed by atoms with Gasteiger partial charge in [0.25, 0.3) is 0 Å². The van der Waals surface area contributed by atoms with Crippen LogP contribution in [0.5, 0.6) is 0 Å². The van der Waals surface area contributed by atoms with Gasteiger partial charge in [-0.05, 0) is 6.42 Å². The highest BCUT2D eigenvalue weighted by atomic mass is 16.5. The van der Waals surface area contributed by atoms with Gasteiger partial charge in [0.2, 0.25) is 0 Å². The number of hydrogen-bond acceptors (Lipinski definition) is 4. The minimum absolute atomic E-state index is 0.0915. The van der Waals surface area contributed by atoms with Crippen LogP contribution in [0.3, 0.4) is 0 Å². The molecule has 0 aliphatic carbocycles. The molecule has 0 amide bonds. The monoisotopic (exact) mass is 174 g/mol. The number of ether oxygens (including phenoxy) is 2. The van der Waals surface area contributed by atoms with Crippen molar-refractivity contribution in [2.45, 2.75) is 18.9 Å². The standard InChI is InChI=1S/C8H14O4/c1-11-8(10)4-6-5-12-3-2-7(6)9/h6-7,9H,2-5H2,1H3. The van der Waals surface area contributed by atoms with Crippen LogP contribution in [0.4, 0.5) is 0 Å². The summed E-state index contributed by atoms with van der Waals surface area (Å²) in [6.45, 7) is 1.04. The molecule has 0 bridgehead atoms. The van der Waals surface area contributed by atoms with Crippen LogP contribution < -0.4 is 0 Å². The Labute approximate surface area is 71.5 Å². The van der Waals surface area contributed by atoms with Crippen LogP contribution >= 0.6 is 0 Å². The van der Waals surface area contributed by atoms with Gasteiger partial charge in [0, 0.05) is 12.5 Å². The minimum atomic E-state index is -0.419. The van der Waals surface area contributed by atoms with Gasteiger partial charge in [0.15, 0.2) is 0 Å². The summed E-state index contributed by atoms with van der Waals surface area (Å²) < 4.78 is 9.63. The Balaban J connectivity index is 2.33. The summed E-state index contributed by atoms with van der Waals surface area (Å²) in [4.78, 5) is 10.8. The van der Waals surface area contributed by atoms with Crippen LogP contribution in [0.25, 0.3) is 0 Å². The van der Waals surface area contributed by atoms with Gasteiger partial charge in [-0.25, -0.2) is 0 Å². The molecule has 0 aromatic rings. The second-order valence-electron chi connectivity index (χ2n) is 2.97. The second-order valence-corrected chi connectivity index (χ2v) is 2.97. The van der Waals surface area contributed by atoms with Crippen molar-refractivity contribution < 1.29 is 19.4 Å². The molecule has 1 N–H and O–H groups in total. The molecular weight excluding hydrogens is 160 g/mol. The smallest absolute Gasteiger partial charge is 0.305 e. The number of carbonyl (C=O) groups is 1. The first-order valence-electron chi connectivity index (χ1n) is 4.06. The number of methoxy groups -OCH3 is 1. The summed E-state index contributed by atoms with van der Waals surface area (Å²) in [5, 5.41) is 9.43. The summed E-state index contributed by atoms with van der Waals surface area (Å²) in [6.07, 6.45) is 0.442. The van der Waals surface area contributed by atoms with E-state index in [0.29, 0.717) is 19.6 Å². The molecule has 1 fully saturated rings. The molecule has 1 rings (SSSR count). The normalized spacial score (nSPS) is 29.8. The Morgan fingerprint density at radius 2 is 2.50 bits per heavy atom. The fourth-order valence-corrected chi connectivity index (χ4v) is 1.28. The van der Waals surface area contributed by atoms with Gasteiger partial charge in [-0.15, -0.1) is 0 Å². The number of hydrogen-bond donors (Lipinski definition) is 1. The first-order valence-corrected chi connectivity index (χ1v) is 4.06. The van der Waals surface area contributed by atoms with E-state index in [9.17, 15) is 9.90 Å². The summed E-state index contributed by atoms with van der Waals surface area (Å²) in [6, 6.07) is 0. The lowest BCUT2D eigenvalue weighted by Gasteiger charge is -2.26. The zero-order valence-corrected chi connectivity index (χ0v) is 7.16. The predicted molar refractivity (Wildman–Crippen MR) is 41.6 cm³/mol. The van der Waals surface area contributed by atoms with Crippen LogP contribution in [0, 0.1) is 5.92 Å². The Bertz CT molecular complexity index is 157. The van der Waals surface area contributed by atoms with Crippen molar-refractivity contribution in [3.8, 4) is 0 Å². The van der Waals surface area contributed by atoms with Crippen LogP contribution in [-0.2, 0) is 14.3 Å². The Morgan fingerprint density at radius 3 is 3.08 bits per heavy atom. The predicted octanol–water partition coefficient (Wildman–Crippen LogP) is -0.0531. The lowest BCUT2D eigenvalue weighted by molar-refractivity contribution is -0.145. The van der Waals surface area contributed by atoms with Crippen LogP contribution in [0.15, 0.2) is 0 Å². The molecule has 0 saturated carbocycles. The maximum Gasteiger partial charge on any atom is 0.305 e. The van der Waals surface area contributed by atoms with E-state index in [1.54, 1.807) is 0 Å². The molecule has 0 aromatic heterocycles. The number of esters is 1. The average molecular weight is 174 g/mol. The van der Waals surface area contributed by atoms with E-state index < -0.39 is 6.10 Å². The van der Waals surface area contributed by atoms with Crippen molar-refractivity contribution in [1.82, 2.24) is 0 Å². The number of rotatable bonds is 2. The van der Waals surface area contributed by atoms with Crippen LogP contribution in [0.1, 0.15) is 12.8 Å². The summed E-state index contributed by atoms with van der Waals surface area (Å²) in [5.41, 5.74) is 0. The van der Waals surface area contributed by atoms with E-state index in [0.717, 1.165) is 0 Å². The number of aliphatic hydroxyl groups is 1. The van der Waals surface area contributed by atoms with Crippen molar-refractivity contribution >= 4 is 5.97 Å². The van der Waals surface area contributed by atoms with E-state index in [1.165, 1.54) is 7.11 Å². The highest BCUT2D eigenvalue weighted by molar-refractivity contribution is 5.69. The van der Waals surface area contributed by atoms with E-state index in [-0.39, 0.29) is 18.3 Å². The molecule has 0 radical (unpaired) electrons. The third-order valence-corrected chi connectivity index (χ3v) is 2.09. The van der Waals surface area contributed by atoms with Crippen LogP contribution in [0.2, 0.25) is 0 Å². The fourth-order valence-electron chi connectivity index (χ4n) is 1.28. The maximum atomic E-state index is 10.8. The maximum absolute atomic E-state index is 10.8. The molecule has 12 heavy (non-hydrogen) atoms. The zero-order chi connectivity index (χ0) is 8.97. The largest absolute Gasteiger partial charge is 0.469 e. The van der Waals surface area contributed by atoms with E-state index in [2.05, 4.69) is 4.74 Å². The molecule has 1 saturated heterocycles. The molecule has 1 aliphatic rings. The fraction of sp³-hybridized carbons (Fsp3) is 0.875. The molecule has 2 atom stereocenters. The van der Waals surface area contributed by atoms with Gasteiger partial charge >= 0.3 is 5.97 Å². The van der Waals surface area contributed by atoms with Crippen molar-refractivity contribution in [3.05, 3.63) is 0 Å². The second kappa shape index (κ2) is 4.42. The Hall–Kier alpha value is -0.610. The van der Waals surface area contributed by atoms with Crippen molar-refractivity contribution in [2.24, 2.45) is 5.92 Å². The van der Waals surface area contributed by atoms with Gasteiger partial charge in [-0.1, -0.05) is 0 Å². The lowest BCUT2D eigenvalue weighted by atomic mass is 9.95. The molecule has 1 heterocycles. The van der Waals surface area contributed by atoms with Crippen LogP contribution in [-0.4, -0.2) is 37.5 Å². The molecule has 1 aliphatic heterocycles. The first kappa shape index (κ1) is 9.48.